The Morgan fingerprint density at radius 3 is 2.81 bits per heavy atom. The van der Waals surface area contributed by atoms with Crippen LogP contribution in [0.2, 0.25) is 0 Å². The molecule has 142 valence electrons. The van der Waals surface area contributed by atoms with Crippen LogP contribution in [0, 0.1) is 5.92 Å². The summed E-state index contributed by atoms with van der Waals surface area (Å²) in [6.45, 7) is 6.60. The summed E-state index contributed by atoms with van der Waals surface area (Å²) in [7, 11) is 1.70. The molecule has 2 atom stereocenters. The van der Waals surface area contributed by atoms with Crippen LogP contribution in [-0.4, -0.2) is 38.3 Å². The van der Waals surface area contributed by atoms with Crippen molar-refractivity contribution in [3.05, 3.63) is 46.7 Å². The van der Waals surface area contributed by atoms with E-state index in [-0.39, 0.29) is 0 Å². The second-order valence-electron chi connectivity index (χ2n) is 7.17. The molecule has 1 fully saturated rings. The molecule has 0 spiro atoms. The summed E-state index contributed by atoms with van der Waals surface area (Å²) in [5, 5.41) is 2.20. The van der Waals surface area contributed by atoms with Crippen molar-refractivity contribution in [2.24, 2.45) is 5.92 Å². The van der Waals surface area contributed by atoms with E-state index in [2.05, 4.69) is 29.3 Å². The molecule has 0 aliphatic carbocycles. The van der Waals surface area contributed by atoms with Gasteiger partial charge in [0.2, 0.25) is 0 Å². The first-order valence-electron chi connectivity index (χ1n) is 9.82. The third kappa shape index (κ3) is 5.24. The number of benzene rings is 1. The van der Waals surface area contributed by atoms with Crippen molar-refractivity contribution in [2.75, 3.05) is 33.4 Å². The summed E-state index contributed by atoms with van der Waals surface area (Å²) in [6.07, 6.45) is 5.16. The topological polar surface area (TPSA) is 21.7 Å². The average Bonchev–Trinajstić information content (AvgIpc) is 3.21. The van der Waals surface area contributed by atoms with E-state index in [9.17, 15) is 0 Å². The minimum absolute atomic E-state index is 0.537. The Labute approximate surface area is 161 Å². The second kappa shape index (κ2) is 9.98. The van der Waals surface area contributed by atoms with Crippen LogP contribution in [0.15, 0.2) is 41.8 Å². The van der Waals surface area contributed by atoms with Gasteiger partial charge in [0.05, 0.1) is 13.7 Å². The Bertz CT molecular complexity index is 643. The van der Waals surface area contributed by atoms with Gasteiger partial charge in [-0.2, -0.15) is 0 Å². The first-order chi connectivity index (χ1) is 12.8. The molecule has 2 unspecified atom stereocenters. The standard InChI is InChI=1S/C22H31NO2S/c1-3-4-5-12-23-13-11-21(22-10-7-14-26-22)18(16-23)17-25-20-9-6-8-19(15-20)24-2/h6-10,14-15,18,21H,3-5,11-13,16-17H2,1-2H3. The van der Waals surface area contributed by atoms with Crippen molar-refractivity contribution in [3.63, 3.8) is 0 Å². The van der Waals surface area contributed by atoms with Crippen molar-refractivity contribution in [1.29, 1.82) is 0 Å². The van der Waals surface area contributed by atoms with Gasteiger partial charge in [0.15, 0.2) is 0 Å². The SMILES string of the molecule is CCCCCN1CCC(c2cccs2)C(COc2cccc(OC)c2)C1. The molecule has 0 N–H and O–H groups in total. The van der Waals surface area contributed by atoms with E-state index >= 15 is 0 Å². The number of rotatable bonds is 9. The fraction of sp³-hybridized carbons (Fsp3) is 0.545. The van der Waals surface area contributed by atoms with Gasteiger partial charge < -0.3 is 14.4 Å². The Morgan fingerprint density at radius 2 is 2.04 bits per heavy atom. The third-order valence-electron chi connectivity index (χ3n) is 5.31. The number of unbranched alkanes of at least 4 members (excludes halogenated alkanes) is 2. The number of nitrogens with zero attached hydrogens (tertiary/aromatic N) is 1. The molecule has 0 bridgehead atoms. The zero-order valence-electron chi connectivity index (χ0n) is 16.0. The predicted octanol–water partition coefficient (Wildman–Crippen LogP) is 5.43. The summed E-state index contributed by atoms with van der Waals surface area (Å²) in [5.41, 5.74) is 0. The molecule has 4 heteroatoms. The highest BCUT2D eigenvalue weighted by molar-refractivity contribution is 7.10. The maximum Gasteiger partial charge on any atom is 0.122 e. The van der Waals surface area contributed by atoms with Crippen LogP contribution in [0.5, 0.6) is 11.5 Å². The molecule has 1 aliphatic heterocycles. The zero-order valence-corrected chi connectivity index (χ0v) is 16.8. The van der Waals surface area contributed by atoms with Gasteiger partial charge in [0.25, 0.3) is 0 Å². The maximum absolute atomic E-state index is 6.19. The van der Waals surface area contributed by atoms with Crippen LogP contribution in [0.25, 0.3) is 0 Å². The Kier molecular flexibility index (Phi) is 7.39. The summed E-state index contributed by atoms with van der Waals surface area (Å²) in [5.74, 6) is 2.90. The molecule has 26 heavy (non-hydrogen) atoms. The number of hydrogen-bond donors (Lipinski definition) is 0. The van der Waals surface area contributed by atoms with E-state index in [0.29, 0.717) is 11.8 Å². The largest absolute Gasteiger partial charge is 0.497 e. The predicted molar refractivity (Wildman–Crippen MR) is 110 cm³/mol. The molecule has 0 saturated carbocycles. The Balaban J connectivity index is 1.63. The van der Waals surface area contributed by atoms with Crippen LogP contribution in [0.1, 0.15) is 43.4 Å². The molecular formula is C22H31NO2S. The van der Waals surface area contributed by atoms with E-state index in [4.69, 9.17) is 9.47 Å². The van der Waals surface area contributed by atoms with Crippen molar-refractivity contribution in [2.45, 2.75) is 38.5 Å². The van der Waals surface area contributed by atoms with Gasteiger partial charge in [-0.25, -0.2) is 0 Å². The van der Waals surface area contributed by atoms with E-state index < -0.39 is 0 Å². The number of piperidine rings is 1. The van der Waals surface area contributed by atoms with Gasteiger partial charge in [0, 0.05) is 29.3 Å². The number of hydrogen-bond acceptors (Lipinski definition) is 4. The average molecular weight is 374 g/mol. The third-order valence-corrected chi connectivity index (χ3v) is 6.31. The van der Waals surface area contributed by atoms with Gasteiger partial charge in [-0.15, -0.1) is 11.3 Å². The smallest absolute Gasteiger partial charge is 0.122 e. The highest BCUT2D eigenvalue weighted by atomic mass is 32.1. The molecule has 3 nitrogen and oxygen atoms in total. The van der Waals surface area contributed by atoms with Crippen molar-refractivity contribution in [3.8, 4) is 11.5 Å². The van der Waals surface area contributed by atoms with E-state index in [1.54, 1.807) is 7.11 Å². The molecule has 2 aromatic rings. The highest BCUT2D eigenvalue weighted by Gasteiger charge is 2.31. The lowest BCUT2D eigenvalue weighted by Gasteiger charge is -2.38. The zero-order chi connectivity index (χ0) is 18.2. The van der Waals surface area contributed by atoms with E-state index in [0.717, 1.165) is 24.7 Å². The Morgan fingerprint density at radius 1 is 1.15 bits per heavy atom. The van der Waals surface area contributed by atoms with Gasteiger partial charge in [-0.1, -0.05) is 31.9 Å². The summed E-state index contributed by atoms with van der Waals surface area (Å²) >= 11 is 1.89. The normalized spacial score (nSPS) is 20.8. The van der Waals surface area contributed by atoms with Gasteiger partial charge >= 0.3 is 0 Å². The fourth-order valence-electron chi connectivity index (χ4n) is 3.84. The molecule has 1 aliphatic rings. The summed E-state index contributed by atoms with van der Waals surface area (Å²) in [6, 6.07) is 12.4. The number of thiophene rings is 1. The van der Waals surface area contributed by atoms with Crippen LogP contribution in [0.3, 0.4) is 0 Å². The molecule has 1 saturated heterocycles. The molecule has 1 aromatic heterocycles. The van der Waals surface area contributed by atoms with Gasteiger partial charge in [-0.3, -0.25) is 0 Å². The van der Waals surface area contributed by atoms with Crippen molar-refractivity contribution >= 4 is 11.3 Å². The lowest BCUT2D eigenvalue weighted by molar-refractivity contribution is 0.110. The molecule has 3 rings (SSSR count). The fourth-order valence-corrected chi connectivity index (χ4v) is 4.79. The van der Waals surface area contributed by atoms with Crippen molar-refractivity contribution in [1.82, 2.24) is 4.90 Å². The lowest BCUT2D eigenvalue weighted by Crippen LogP contribution is -2.42. The monoisotopic (exact) mass is 373 g/mol. The van der Waals surface area contributed by atoms with Crippen LogP contribution in [-0.2, 0) is 0 Å². The second-order valence-corrected chi connectivity index (χ2v) is 8.15. The van der Waals surface area contributed by atoms with Crippen LogP contribution < -0.4 is 9.47 Å². The molecular weight excluding hydrogens is 342 g/mol. The van der Waals surface area contributed by atoms with Crippen LogP contribution in [0.4, 0.5) is 0 Å². The summed E-state index contributed by atoms with van der Waals surface area (Å²) < 4.78 is 11.5. The quantitative estimate of drug-likeness (QED) is 0.547. The highest BCUT2D eigenvalue weighted by Crippen LogP contribution is 2.36. The molecule has 0 radical (unpaired) electrons. The van der Waals surface area contributed by atoms with Gasteiger partial charge in [-0.05, 0) is 49.5 Å². The van der Waals surface area contributed by atoms with E-state index in [1.807, 2.05) is 35.6 Å². The molecule has 1 aromatic carbocycles. The van der Waals surface area contributed by atoms with Crippen LogP contribution >= 0.6 is 11.3 Å². The Hall–Kier alpha value is -1.52. The first kappa shape index (κ1) is 19.2. The minimum atomic E-state index is 0.537. The van der Waals surface area contributed by atoms with Crippen molar-refractivity contribution < 1.29 is 9.47 Å². The minimum Gasteiger partial charge on any atom is -0.497 e. The van der Waals surface area contributed by atoms with E-state index in [1.165, 1.54) is 43.6 Å². The maximum atomic E-state index is 6.19. The number of likely N-dealkylation sites (tertiary alicyclic amines) is 1. The van der Waals surface area contributed by atoms with Gasteiger partial charge in [0.1, 0.15) is 11.5 Å². The molecule has 0 amide bonds. The number of ether oxygens (including phenoxy) is 2. The summed E-state index contributed by atoms with van der Waals surface area (Å²) in [4.78, 5) is 4.15. The first-order valence-corrected chi connectivity index (χ1v) is 10.7. The molecule has 2 heterocycles. The lowest BCUT2D eigenvalue weighted by atomic mass is 9.84. The number of methoxy groups -OCH3 is 1.